The fourth-order valence-corrected chi connectivity index (χ4v) is 1.57. The van der Waals surface area contributed by atoms with Crippen molar-refractivity contribution in [2.24, 2.45) is 10.9 Å². The topological polar surface area (TPSA) is 59.9 Å². The number of benzene rings is 1. The van der Waals surface area contributed by atoms with Crippen molar-refractivity contribution in [1.82, 2.24) is 5.32 Å². The van der Waals surface area contributed by atoms with Crippen LogP contribution in [0.2, 0.25) is 0 Å². The average molecular weight is 306 g/mol. The molecule has 1 aromatic rings. The van der Waals surface area contributed by atoms with Crippen molar-refractivity contribution in [2.45, 2.75) is 40.2 Å². The molecular weight excluding hydrogens is 280 g/mol. The van der Waals surface area contributed by atoms with E-state index in [4.69, 9.17) is 9.47 Å². The van der Waals surface area contributed by atoms with Crippen LogP contribution in [0.5, 0.6) is 5.75 Å². The molecule has 0 bridgehead atoms. The third kappa shape index (κ3) is 5.76. The summed E-state index contributed by atoms with van der Waals surface area (Å²) < 4.78 is 10.7. The number of ether oxygens (including phenoxy) is 2. The number of nitrogens with zero attached hydrogens (tertiary/aromatic N) is 1. The van der Waals surface area contributed by atoms with Crippen LogP contribution in [0.3, 0.4) is 0 Å². The predicted molar refractivity (Wildman–Crippen MR) is 88.4 cm³/mol. The first kappa shape index (κ1) is 18.0. The highest BCUT2D eigenvalue weighted by molar-refractivity contribution is 6.04. The molecule has 0 fully saturated rings. The van der Waals surface area contributed by atoms with Gasteiger partial charge in [0.25, 0.3) is 11.9 Å². The highest BCUT2D eigenvalue weighted by atomic mass is 16.5. The Morgan fingerprint density at radius 2 is 2.05 bits per heavy atom. The van der Waals surface area contributed by atoms with Crippen molar-refractivity contribution < 1.29 is 14.3 Å². The van der Waals surface area contributed by atoms with Crippen LogP contribution in [0.1, 0.15) is 44.5 Å². The van der Waals surface area contributed by atoms with E-state index in [9.17, 15) is 4.79 Å². The molecule has 1 aromatic carbocycles. The Bertz CT molecular complexity index is 512. The van der Waals surface area contributed by atoms with Crippen molar-refractivity contribution in [3.8, 4) is 5.75 Å². The lowest BCUT2D eigenvalue weighted by Gasteiger charge is -2.15. The number of nitrogens with one attached hydrogen (secondary N) is 1. The maximum atomic E-state index is 12.3. The molecule has 1 atom stereocenters. The van der Waals surface area contributed by atoms with Crippen molar-refractivity contribution in [3.63, 3.8) is 0 Å². The lowest BCUT2D eigenvalue weighted by molar-refractivity contribution is 0.0964. The molecule has 0 radical (unpaired) electrons. The van der Waals surface area contributed by atoms with Gasteiger partial charge in [0.05, 0.1) is 19.8 Å². The van der Waals surface area contributed by atoms with Gasteiger partial charge in [-0.3, -0.25) is 10.1 Å². The Kier molecular flexibility index (Phi) is 7.43. The highest BCUT2D eigenvalue weighted by Crippen LogP contribution is 2.12. The lowest BCUT2D eigenvalue weighted by Crippen LogP contribution is -2.34. The Balaban J connectivity index is 2.85. The van der Waals surface area contributed by atoms with Gasteiger partial charge in [-0.15, -0.1) is 0 Å². The number of amides is 1. The third-order valence-electron chi connectivity index (χ3n) is 3.28. The summed E-state index contributed by atoms with van der Waals surface area (Å²) in [6, 6.07) is 7.31. The van der Waals surface area contributed by atoms with E-state index in [1.165, 1.54) is 0 Å². The van der Waals surface area contributed by atoms with Crippen LogP contribution >= 0.6 is 0 Å². The summed E-state index contributed by atoms with van der Waals surface area (Å²) in [4.78, 5) is 16.8. The van der Waals surface area contributed by atoms with Crippen LogP contribution in [0.4, 0.5) is 0 Å². The maximum Gasteiger partial charge on any atom is 0.291 e. The number of carbonyl (C=O) groups excluding carboxylic acids is 1. The maximum absolute atomic E-state index is 12.3. The number of rotatable bonds is 6. The smallest absolute Gasteiger partial charge is 0.291 e. The Morgan fingerprint density at radius 3 is 2.64 bits per heavy atom. The van der Waals surface area contributed by atoms with Crippen LogP contribution in [-0.4, -0.2) is 31.7 Å². The van der Waals surface area contributed by atoms with Gasteiger partial charge in [0, 0.05) is 5.56 Å². The second-order valence-electron chi connectivity index (χ2n) is 5.45. The Labute approximate surface area is 132 Å². The number of carbonyl (C=O) groups is 1. The highest BCUT2D eigenvalue weighted by Gasteiger charge is 2.13. The van der Waals surface area contributed by atoms with E-state index in [2.05, 4.69) is 24.2 Å². The minimum absolute atomic E-state index is 0.0671. The Hall–Kier alpha value is -2.04. The van der Waals surface area contributed by atoms with Crippen LogP contribution in [0.25, 0.3) is 0 Å². The van der Waals surface area contributed by atoms with Crippen LogP contribution in [-0.2, 0) is 4.74 Å². The summed E-state index contributed by atoms with van der Waals surface area (Å²) in [6.45, 7) is 8.68. The van der Waals surface area contributed by atoms with Gasteiger partial charge in [-0.1, -0.05) is 26.8 Å². The number of hydrogen-bond donors (Lipinski definition) is 1. The molecule has 22 heavy (non-hydrogen) atoms. The van der Waals surface area contributed by atoms with Gasteiger partial charge in [0.1, 0.15) is 5.75 Å². The molecule has 0 spiro atoms. The molecule has 5 heteroatoms. The largest absolute Gasteiger partial charge is 0.497 e. The summed E-state index contributed by atoms with van der Waals surface area (Å²) in [5.74, 6) is 0.745. The van der Waals surface area contributed by atoms with Gasteiger partial charge in [-0.2, -0.15) is 0 Å². The lowest BCUT2D eigenvalue weighted by atomic mass is 10.1. The SMILES string of the molecule is CCCOC(=N[C@@H](C)C(C)C)NC(=O)c1cccc(OC)c1. The minimum Gasteiger partial charge on any atom is -0.497 e. The van der Waals surface area contributed by atoms with Crippen molar-refractivity contribution in [2.75, 3.05) is 13.7 Å². The normalized spacial score (nSPS) is 12.9. The summed E-state index contributed by atoms with van der Waals surface area (Å²) in [5.41, 5.74) is 0.504. The van der Waals surface area contributed by atoms with Crippen LogP contribution in [0.15, 0.2) is 29.3 Å². The van der Waals surface area contributed by atoms with Gasteiger partial charge in [0.15, 0.2) is 0 Å². The van der Waals surface area contributed by atoms with E-state index in [1.54, 1.807) is 31.4 Å². The molecule has 122 valence electrons. The zero-order chi connectivity index (χ0) is 16.5. The molecule has 5 nitrogen and oxygen atoms in total. The fourth-order valence-electron chi connectivity index (χ4n) is 1.57. The quantitative estimate of drug-likeness (QED) is 0.648. The number of aliphatic imine (C=N–C) groups is 1. The standard InChI is InChI=1S/C17H26N2O3/c1-6-10-22-17(18-13(4)12(2)3)19-16(20)14-8-7-9-15(11-14)21-5/h7-9,11-13H,6,10H2,1-5H3,(H,18,19,20)/t13-/m0/s1. The van der Waals surface area contributed by atoms with E-state index < -0.39 is 0 Å². The molecule has 0 aliphatic rings. The van der Waals surface area contributed by atoms with E-state index in [1.807, 2.05) is 13.8 Å². The number of amidine groups is 1. The first-order chi connectivity index (χ1) is 10.5. The third-order valence-corrected chi connectivity index (χ3v) is 3.28. The summed E-state index contributed by atoms with van der Waals surface area (Å²) >= 11 is 0. The molecule has 0 aliphatic heterocycles. The second kappa shape index (κ2) is 9.07. The molecule has 1 amide bonds. The molecule has 0 heterocycles. The summed E-state index contributed by atoms with van der Waals surface area (Å²) in [7, 11) is 1.57. The van der Waals surface area contributed by atoms with Gasteiger partial charge in [-0.25, -0.2) is 4.99 Å². The number of hydrogen-bond acceptors (Lipinski definition) is 4. The minimum atomic E-state index is -0.260. The van der Waals surface area contributed by atoms with Crippen molar-refractivity contribution in [1.29, 1.82) is 0 Å². The van der Waals surface area contributed by atoms with Gasteiger partial charge in [0.2, 0.25) is 0 Å². The average Bonchev–Trinajstić information content (AvgIpc) is 2.52. The molecular formula is C17H26N2O3. The van der Waals surface area contributed by atoms with Crippen molar-refractivity contribution in [3.05, 3.63) is 29.8 Å². The molecule has 0 unspecified atom stereocenters. The van der Waals surface area contributed by atoms with Gasteiger partial charge < -0.3 is 9.47 Å². The van der Waals surface area contributed by atoms with E-state index in [-0.39, 0.29) is 18.0 Å². The van der Waals surface area contributed by atoms with Gasteiger partial charge >= 0.3 is 0 Å². The van der Waals surface area contributed by atoms with E-state index in [0.29, 0.717) is 23.8 Å². The fraction of sp³-hybridized carbons (Fsp3) is 0.529. The Morgan fingerprint density at radius 1 is 1.32 bits per heavy atom. The summed E-state index contributed by atoms with van der Waals surface area (Å²) in [6.07, 6.45) is 0.851. The second-order valence-corrected chi connectivity index (χ2v) is 5.45. The molecule has 1 rings (SSSR count). The van der Waals surface area contributed by atoms with Crippen LogP contribution < -0.4 is 10.1 Å². The van der Waals surface area contributed by atoms with E-state index >= 15 is 0 Å². The predicted octanol–water partition coefficient (Wildman–Crippen LogP) is 3.25. The van der Waals surface area contributed by atoms with Crippen LogP contribution in [0, 0.1) is 5.92 Å². The van der Waals surface area contributed by atoms with Gasteiger partial charge in [-0.05, 0) is 37.5 Å². The molecule has 0 aliphatic carbocycles. The first-order valence-electron chi connectivity index (χ1n) is 7.63. The first-order valence-corrected chi connectivity index (χ1v) is 7.63. The number of methoxy groups -OCH3 is 1. The summed E-state index contributed by atoms with van der Waals surface area (Å²) in [5, 5.41) is 2.74. The van der Waals surface area contributed by atoms with Crippen molar-refractivity contribution >= 4 is 11.9 Å². The zero-order valence-corrected chi connectivity index (χ0v) is 14.1. The molecule has 0 saturated carbocycles. The zero-order valence-electron chi connectivity index (χ0n) is 14.1. The molecule has 0 aromatic heterocycles. The van der Waals surface area contributed by atoms with E-state index in [0.717, 1.165) is 6.42 Å². The monoisotopic (exact) mass is 306 g/mol. The molecule has 1 N–H and O–H groups in total. The molecule has 0 saturated heterocycles.